The van der Waals surface area contributed by atoms with Crippen LogP contribution in [-0.2, 0) is 17.8 Å². The maximum absolute atomic E-state index is 13.0. The summed E-state index contributed by atoms with van der Waals surface area (Å²) in [5.41, 5.74) is 5.03. The molecule has 4 rings (SSSR count). The van der Waals surface area contributed by atoms with Gasteiger partial charge in [0.1, 0.15) is 0 Å². The summed E-state index contributed by atoms with van der Waals surface area (Å²) < 4.78 is 5.46. The van der Waals surface area contributed by atoms with Gasteiger partial charge < -0.3 is 19.9 Å². The van der Waals surface area contributed by atoms with Crippen LogP contribution in [0.1, 0.15) is 28.7 Å². The Balaban J connectivity index is 1.49. The first-order valence-electron chi connectivity index (χ1n) is 12.0. The van der Waals surface area contributed by atoms with Gasteiger partial charge >= 0.3 is 0 Å². The normalized spacial score (nSPS) is 14.3. The molecule has 0 radical (unpaired) electrons. The molecular formula is C27H34N4O2S. The molecule has 0 amide bonds. The van der Waals surface area contributed by atoms with E-state index < -0.39 is 0 Å². The van der Waals surface area contributed by atoms with E-state index in [9.17, 15) is 4.79 Å². The highest BCUT2D eigenvalue weighted by Gasteiger charge is 2.16. The molecule has 1 aromatic heterocycles. The van der Waals surface area contributed by atoms with E-state index in [-0.39, 0.29) is 5.56 Å². The van der Waals surface area contributed by atoms with Crippen molar-refractivity contribution in [3.8, 4) is 0 Å². The maximum Gasteiger partial charge on any atom is 0.253 e. The number of benzene rings is 2. The third-order valence-electron chi connectivity index (χ3n) is 6.31. The van der Waals surface area contributed by atoms with E-state index in [1.54, 1.807) is 0 Å². The second kappa shape index (κ2) is 11.6. The molecule has 1 fully saturated rings. The molecule has 0 aliphatic carbocycles. The minimum Gasteiger partial charge on any atom is -0.379 e. The van der Waals surface area contributed by atoms with E-state index in [0.29, 0.717) is 18.2 Å². The molecule has 0 bridgehead atoms. The number of hydrogen-bond donors (Lipinski definition) is 2. The molecular weight excluding hydrogens is 444 g/mol. The van der Waals surface area contributed by atoms with E-state index in [4.69, 9.17) is 17.0 Å². The van der Waals surface area contributed by atoms with Crippen LogP contribution in [0.3, 0.4) is 0 Å². The highest BCUT2D eigenvalue weighted by molar-refractivity contribution is 7.80. The van der Waals surface area contributed by atoms with Gasteiger partial charge in [-0.25, -0.2) is 0 Å². The summed E-state index contributed by atoms with van der Waals surface area (Å²) in [7, 11) is 0. The van der Waals surface area contributed by atoms with Gasteiger partial charge in [-0.3, -0.25) is 9.69 Å². The minimum atomic E-state index is -0.0523. The number of aryl methyl sites for hydroxylation is 2. The van der Waals surface area contributed by atoms with E-state index in [2.05, 4.69) is 51.3 Å². The predicted molar refractivity (Wildman–Crippen MR) is 142 cm³/mol. The van der Waals surface area contributed by atoms with Crippen LogP contribution in [0.2, 0.25) is 0 Å². The first kappa shape index (κ1) is 24.4. The number of nitrogens with one attached hydrogen (secondary N) is 2. The lowest BCUT2D eigenvalue weighted by molar-refractivity contribution is 0.0367. The Bertz CT molecular complexity index is 1170. The standard InChI is InChI=1S/C27H34N4O2S/c1-20-15-21(2)25-23(16-20)17-24(26(32)29-25)19-31(10-6-9-30-11-13-33-14-12-30)27(34)28-18-22-7-4-3-5-8-22/h3-5,7-8,15-17H,6,9-14,18-19H2,1-2H3,(H,28,34)(H,29,32). The van der Waals surface area contributed by atoms with Crippen molar-refractivity contribution in [2.24, 2.45) is 0 Å². The number of aromatic nitrogens is 1. The quantitative estimate of drug-likeness (QED) is 0.481. The number of morpholine rings is 1. The van der Waals surface area contributed by atoms with Crippen LogP contribution in [-0.4, -0.2) is 59.3 Å². The minimum absolute atomic E-state index is 0.0523. The Kier molecular flexibility index (Phi) is 8.32. The predicted octanol–water partition coefficient (Wildman–Crippen LogP) is 3.74. The summed E-state index contributed by atoms with van der Waals surface area (Å²) in [6.45, 7) is 10.6. The molecule has 0 spiro atoms. The summed E-state index contributed by atoms with van der Waals surface area (Å²) >= 11 is 5.79. The van der Waals surface area contributed by atoms with Crippen molar-refractivity contribution < 1.29 is 4.74 Å². The molecule has 1 aliphatic heterocycles. The Morgan fingerprint density at radius 1 is 1.15 bits per heavy atom. The zero-order valence-corrected chi connectivity index (χ0v) is 20.9. The zero-order chi connectivity index (χ0) is 23.9. The van der Waals surface area contributed by atoms with Gasteiger partial charge in [0.2, 0.25) is 0 Å². The molecule has 0 atom stereocenters. The molecule has 1 saturated heterocycles. The third-order valence-corrected chi connectivity index (χ3v) is 6.71. The van der Waals surface area contributed by atoms with Gasteiger partial charge in [0.25, 0.3) is 5.56 Å². The number of rotatable bonds is 8. The third kappa shape index (κ3) is 6.44. The Morgan fingerprint density at radius 2 is 1.91 bits per heavy atom. The van der Waals surface area contributed by atoms with Crippen LogP contribution in [0.15, 0.2) is 53.3 Å². The van der Waals surface area contributed by atoms with Gasteiger partial charge in [0.15, 0.2) is 5.11 Å². The van der Waals surface area contributed by atoms with Crippen molar-refractivity contribution in [1.29, 1.82) is 0 Å². The second-order valence-corrected chi connectivity index (χ2v) is 9.43. The number of aromatic amines is 1. The van der Waals surface area contributed by atoms with E-state index in [1.807, 2.05) is 31.2 Å². The van der Waals surface area contributed by atoms with Gasteiger partial charge in [0.05, 0.1) is 25.3 Å². The van der Waals surface area contributed by atoms with Gasteiger partial charge in [-0.15, -0.1) is 0 Å². The Hall–Kier alpha value is -2.74. The maximum atomic E-state index is 13.0. The summed E-state index contributed by atoms with van der Waals surface area (Å²) in [6.07, 6.45) is 0.969. The lowest BCUT2D eigenvalue weighted by Crippen LogP contribution is -2.42. The molecule has 1 aliphatic rings. The number of fused-ring (bicyclic) bond motifs is 1. The summed E-state index contributed by atoms with van der Waals surface area (Å²) in [6, 6.07) is 16.5. The molecule has 0 saturated carbocycles. The van der Waals surface area contributed by atoms with Gasteiger partial charge in [0, 0.05) is 38.3 Å². The topological polar surface area (TPSA) is 60.6 Å². The number of pyridine rings is 1. The van der Waals surface area contributed by atoms with Crippen LogP contribution in [0.25, 0.3) is 10.9 Å². The fraction of sp³-hybridized carbons (Fsp3) is 0.407. The Labute approximate surface area is 206 Å². The molecule has 34 heavy (non-hydrogen) atoms. The van der Waals surface area contributed by atoms with Crippen LogP contribution in [0.4, 0.5) is 0 Å². The van der Waals surface area contributed by atoms with Crippen molar-refractivity contribution in [3.63, 3.8) is 0 Å². The highest BCUT2D eigenvalue weighted by atomic mass is 32.1. The van der Waals surface area contributed by atoms with Gasteiger partial charge in [-0.1, -0.05) is 42.0 Å². The van der Waals surface area contributed by atoms with Crippen molar-refractivity contribution in [3.05, 3.63) is 81.1 Å². The fourth-order valence-electron chi connectivity index (χ4n) is 4.50. The summed E-state index contributed by atoms with van der Waals surface area (Å²) in [4.78, 5) is 20.6. The molecule has 7 heteroatoms. The van der Waals surface area contributed by atoms with Crippen LogP contribution in [0.5, 0.6) is 0 Å². The SMILES string of the molecule is Cc1cc(C)c2[nH]c(=O)c(CN(CCCN3CCOCC3)C(=S)NCc3ccccc3)cc2c1. The molecule has 180 valence electrons. The zero-order valence-electron chi connectivity index (χ0n) is 20.1. The van der Waals surface area contributed by atoms with Crippen molar-refractivity contribution in [2.75, 3.05) is 39.4 Å². The number of H-pyrrole nitrogens is 1. The second-order valence-electron chi connectivity index (χ2n) is 9.04. The smallest absolute Gasteiger partial charge is 0.253 e. The fourth-order valence-corrected chi connectivity index (χ4v) is 4.73. The monoisotopic (exact) mass is 478 g/mol. The van der Waals surface area contributed by atoms with E-state index in [1.165, 1.54) is 11.1 Å². The number of hydrogen-bond acceptors (Lipinski definition) is 4. The van der Waals surface area contributed by atoms with Crippen LogP contribution < -0.4 is 10.9 Å². The molecule has 0 unspecified atom stereocenters. The molecule has 2 aromatic carbocycles. The molecule has 2 heterocycles. The van der Waals surface area contributed by atoms with Crippen molar-refractivity contribution >= 4 is 28.2 Å². The number of thiocarbonyl (C=S) groups is 1. The van der Waals surface area contributed by atoms with Gasteiger partial charge in [-0.05, 0) is 61.1 Å². The largest absolute Gasteiger partial charge is 0.379 e. The van der Waals surface area contributed by atoms with Gasteiger partial charge in [-0.2, -0.15) is 0 Å². The average Bonchev–Trinajstić information content (AvgIpc) is 2.84. The first-order valence-corrected chi connectivity index (χ1v) is 12.4. The molecule has 3 aromatic rings. The Morgan fingerprint density at radius 3 is 2.68 bits per heavy atom. The lowest BCUT2D eigenvalue weighted by Gasteiger charge is -2.29. The number of ether oxygens (including phenoxy) is 1. The molecule has 2 N–H and O–H groups in total. The highest BCUT2D eigenvalue weighted by Crippen LogP contribution is 2.19. The van der Waals surface area contributed by atoms with E-state index in [0.717, 1.165) is 67.8 Å². The molecule has 6 nitrogen and oxygen atoms in total. The average molecular weight is 479 g/mol. The lowest BCUT2D eigenvalue weighted by atomic mass is 10.1. The van der Waals surface area contributed by atoms with Crippen LogP contribution in [0, 0.1) is 13.8 Å². The summed E-state index contributed by atoms with van der Waals surface area (Å²) in [5, 5.41) is 5.12. The van der Waals surface area contributed by atoms with E-state index >= 15 is 0 Å². The first-order chi connectivity index (χ1) is 16.5. The summed E-state index contributed by atoms with van der Waals surface area (Å²) in [5.74, 6) is 0. The van der Waals surface area contributed by atoms with Crippen molar-refractivity contribution in [2.45, 2.75) is 33.4 Å². The van der Waals surface area contributed by atoms with Crippen LogP contribution >= 0.6 is 12.2 Å². The number of nitrogens with zero attached hydrogens (tertiary/aromatic N) is 2. The van der Waals surface area contributed by atoms with Crippen molar-refractivity contribution in [1.82, 2.24) is 20.1 Å².